The Bertz CT molecular complexity index is 1260. The zero-order valence-corrected chi connectivity index (χ0v) is 19.5. The number of nitrogens with two attached hydrogens (primary N) is 1. The van der Waals surface area contributed by atoms with Crippen LogP contribution < -0.4 is 11.1 Å². The molecule has 3 nitrogen and oxygen atoms in total. The highest BCUT2D eigenvalue weighted by Gasteiger charge is 2.34. The van der Waals surface area contributed by atoms with Gasteiger partial charge in [-0.2, -0.15) is 0 Å². The first-order chi connectivity index (χ1) is 16.7. The van der Waals surface area contributed by atoms with E-state index < -0.39 is 5.72 Å². The lowest BCUT2D eigenvalue weighted by Crippen LogP contribution is -2.42. The summed E-state index contributed by atoms with van der Waals surface area (Å²) in [6.45, 7) is 0.543. The zero-order chi connectivity index (χ0) is 23.2. The first-order valence-electron chi connectivity index (χ1n) is 12.2. The molecule has 0 bridgehead atoms. The van der Waals surface area contributed by atoms with Crippen molar-refractivity contribution in [2.24, 2.45) is 5.73 Å². The maximum Gasteiger partial charge on any atom is 0.143 e. The number of hydrogen-bond donors (Lipinski definition) is 2. The van der Waals surface area contributed by atoms with Gasteiger partial charge in [-0.25, -0.2) is 0 Å². The number of fused-ring (bicyclic) bond motifs is 5. The molecule has 0 fully saturated rings. The van der Waals surface area contributed by atoms with Crippen LogP contribution in [0.4, 0.5) is 0 Å². The van der Waals surface area contributed by atoms with Crippen LogP contribution in [-0.4, -0.2) is 0 Å². The van der Waals surface area contributed by atoms with Gasteiger partial charge in [0.2, 0.25) is 0 Å². The van der Waals surface area contributed by atoms with Crippen molar-refractivity contribution in [3.63, 3.8) is 0 Å². The van der Waals surface area contributed by atoms with Crippen LogP contribution in [0, 0.1) is 0 Å². The number of allylic oxidation sites excluding steroid dienone is 5. The van der Waals surface area contributed by atoms with E-state index in [-0.39, 0.29) is 0 Å². The van der Waals surface area contributed by atoms with Crippen LogP contribution in [0.3, 0.4) is 0 Å². The highest BCUT2D eigenvalue weighted by atomic mass is 16.5. The number of benzene rings is 3. The summed E-state index contributed by atoms with van der Waals surface area (Å²) < 4.78 is 6.31. The fraction of sp³-hybridized carbons (Fsp3) is 0.226. The molecule has 0 aromatic heterocycles. The Balaban J connectivity index is 0.000000297. The summed E-state index contributed by atoms with van der Waals surface area (Å²) in [5.41, 5.74) is 12.7. The van der Waals surface area contributed by atoms with Gasteiger partial charge in [-0.3, -0.25) is 5.73 Å². The minimum Gasteiger partial charge on any atom is -0.368 e. The van der Waals surface area contributed by atoms with Crippen molar-refractivity contribution in [1.82, 2.24) is 5.32 Å². The zero-order valence-electron chi connectivity index (χ0n) is 19.5. The van der Waals surface area contributed by atoms with Gasteiger partial charge in [-0.15, -0.1) is 0 Å². The number of rotatable bonds is 3. The fourth-order valence-corrected chi connectivity index (χ4v) is 5.06. The number of ether oxygens (including phenoxy) is 1. The Morgan fingerprint density at radius 2 is 1.65 bits per heavy atom. The predicted molar refractivity (Wildman–Crippen MR) is 142 cm³/mol. The third kappa shape index (κ3) is 4.77. The molecule has 172 valence electrons. The van der Waals surface area contributed by atoms with E-state index in [9.17, 15) is 0 Å². The molecule has 1 aliphatic heterocycles. The molecule has 0 spiro atoms. The second-order valence-corrected chi connectivity index (χ2v) is 9.05. The quantitative estimate of drug-likeness (QED) is 0.442. The molecule has 34 heavy (non-hydrogen) atoms. The van der Waals surface area contributed by atoms with Crippen LogP contribution in [0.5, 0.6) is 0 Å². The summed E-state index contributed by atoms with van der Waals surface area (Å²) >= 11 is 0. The minimum atomic E-state index is -0.705. The number of hydrogen-bond acceptors (Lipinski definition) is 3. The molecule has 0 unspecified atom stereocenters. The van der Waals surface area contributed by atoms with Crippen LogP contribution in [0.2, 0.25) is 0 Å². The van der Waals surface area contributed by atoms with Gasteiger partial charge < -0.3 is 10.1 Å². The van der Waals surface area contributed by atoms with Gasteiger partial charge in [-0.05, 0) is 77.3 Å². The van der Waals surface area contributed by atoms with E-state index in [1.165, 1.54) is 27.5 Å². The topological polar surface area (TPSA) is 47.3 Å². The molecule has 3 aliphatic rings. The third-order valence-electron chi connectivity index (χ3n) is 6.80. The van der Waals surface area contributed by atoms with Gasteiger partial charge in [-0.1, -0.05) is 78.9 Å². The van der Waals surface area contributed by atoms with Gasteiger partial charge in [0, 0.05) is 18.0 Å². The van der Waals surface area contributed by atoms with Crippen molar-refractivity contribution in [3.05, 3.63) is 125 Å². The van der Waals surface area contributed by atoms with Crippen LogP contribution in [-0.2, 0) is 29.9 Å². The summed E-state index contributed by atoms with van der Waals surface area (Å²) in [4.78, 5) is 0. The number of nitrogens with one attached hydrogen (secondary N) is 1. The van der Waals surface area contributed by atoms with Crippen LogP contribution in [0.25, 0.3) is 16.8 Å². The Hall–Kier alpha value is -3.40. The normalized spacial score (nSPS) is 20.0. The van der Waals surface area contributed by atoms with E-state index in [4.69, 9.17) is 10.5 Å². The molecule has 3 heteroatoms. The molecule has 0 amide bonds. The average Bonchev–Trinajstić information content (AvgIpc) is 3.22. The molecule has 0 saturated carbocycles. The smallest absolute Gasteiger partial charge is 0.143 e. The predicted octanol–water partition coefficient (Wildman–Crippen LogP) is 6.64. The first-order valence-corrected chi connectivity index (χ1v) is 12.2. The maximum atomic E-state index is 6.81. The van der Waals surface area contributed by atoms with E-state index >= 15 is 0 Å². The van der Waals surface area contributed by atoms with Crippen molar-refractivity contribution < 1.29 is 4.74 Å². The average molecular weight is 449 g/mol. The molecule has 1 heterocycles. The molecule has 3 aromatic rings. The summed E-state index contributed by atoms with van der Waals surface area (Å²) in [5, 5.41) is 5.62. The Kier molecular flexibility index (Phi) is 6.75. The van der Waals surface area contributed by atoms with Crippen LogP contribution in [0.1, 0.15) is 47.1 Å². The highest BCUT2D eigenvalue weighted by Crippen LogP contribution is 2.40. The van der Waals surface area contributed by atoms with Crippen molar-refractivity contribution in [3.8, 4) is 0 Å². The Morgan fingerprint density at radius 3 is 2.47 bits per heavy atom. The third-order valence-corrected chi connectivity index (χ3v) is 6.80. The van der Waals surface area contributed by atoms with Crippen molar-refractivity contribution in [2.75, 3.05) is 0 Å². The SMILES string of the molecule is C1=CC=CNC=C1.N[C@@]1(OCc2ccccc2)CCCc2c1ccc1c3c(ccc21)CCC=C3. The Morgan fingerprint density at radius 1 is 0.853 bits per heavy atom. The van der Waals surface area contributed by atoms with E-state index in [2.05, 4.69) is 53.9 Å². The molecular weight excluding hydrogens is 416 g/mol. The number of aryl methyl sites for hydroxylation is 2. The monoisotopic (exact) mass is 448 g/mol. The largest absolute Gasteiger partial charge is 0.368 e. The van der Waals surface area contributed by atoms with E-state index in [0.29, 0.717) is 6.61 Å². The molecule has 3 N–H and O–H groups in total. The maximum absolute atomic E-state index is 6.81. The molecule has 1 atom stereocenters. The lowest BCUT2D eigenvalue weighted by atomic mass is 9.80. The van der Waals surface area contributed by atoms with Gasteiger partial charge in [0.1, 0.15) is 5.72 Å². The summed E-state index contributed by atoms with van der Waals surface area (Å²) in [7, 11) is 0. The van der Waals surface area contributed by atoms with E-state index in [1.807, 2.05) is 54.9 Å². The second kappa shape index (κ2) is 10.3. The molecule has 0 saturated heterocycles. The second-order valence-electron chi connectivity index (χ2n) is 9.05. The van der Waals surface area contributed by atoms with E-state index in [1.54, 1.807) is 0 Å². The van der Waals surface area contributed by atoms with Gasteiger partial charge in [0.15, 0.2) is 0 Å². The molecule has 2 aliphatic carbocycles. The van der Waals surface area contributed by atoms with Crippen molar-refractivity contribution in [2.45, 2.75) is 44.4 Å². The lowest BCUT2D eigenvalue weighted by molar-refractivity contribution is -0.0694. The highest BCUT2D eigenvalue weighted by molar-refractivity contribution is 5.95. The molecule has 0 radical (unpaired) electrons. The molecule has 3 aromatic carbocycles. The van der Waals surface area contributed by atoms with Gasteiger partial charge >= 0.3 is 0 Å². The summed E-state index contributed by atoms with van der Waals surface area (Å²) in [6.07, 6.45) is 21.4. The van der Waals surface area contributed by atoms with Crippen LogP contribution >= 0.6 is 0 Å². The van der Waals surface area contributed by atoms with Gasteiger partial charge in [0.05, 0.1) is 6.61 Å². The molecular formula is C31H32N2O. The Labute approximate surface area is 202 Å². The van der Waals surface area contributed by atoms with Gasteiger partial charge in [0.25, 0.3) is 0 Å². The summed E-state index contributed by atoms with van der Waals surface area (Å²) in [6, 6.07) is 19.4. The van der Waals surface area contributed by atoms with Crippen LogP contribution in [0.15, 0.2) is 97.4 Å². The standard InChI is InChI=1S/C25H25NO.C6H7N/c26-25(27-17-18-7-2-1-3-8-18)16-6-11-23-22-13-12-19-9-4-5-10-20(19)21(22)14-15-24(23)25;1-2-4-6-7-5-3-1/h1-3,5,7-8,10,12-15H,4,6,9,11,16-17,26H2;1-7H/t25-;/m1./s1. The fourth-order valence-electron chi connectivity index (χ4n) is 5.06. The molecule has 6 rings (SSSR count). The van der Waals surface area contributed by atoms with Crippen molar-refractivity contribution >= 4 is 16.8 Å². The first kappa shape index (κ1) is 22.4. The van der Waals surface area contributed by atoms with Crippen molar-refractivity contribution in [1.29, 1.82) is 0 Å². The lowest BCUT2D eigenvalue weighted by Gasteiger charge is -2.36. The van der Waals surface area contributed by atoms with E-state index in [0.717, 1.165) is 43.2 Å². The minimum absolute atomic E-state index is 0.543. The summed E-state index contributed by atoms with van der Waals surface area (Å²) in [5.74, 6) is 0.